The van der Waals surface area contributed by atoms with Crippen molar-refractivity contribution in [2.24, 2.45) is 0 Å². The highest BCUT2D eigenvalue weighted by Gasteiger charge is 2.07. The Morgan fingerprint density at radius 1 is 1.20 bits per heavy atom. The number of nitrogens with two attached hydrogens (primary N) is 1. The number of rotatable bonds is 5. The van der Waals surface area contributed by atoms with E-state index in [2.05, 4.69) is 5.32 Å². The van der Waals surface area contributed by atoms with Crippen LogP contribution in [0, 0.1) is 11.6 Å². The van der Waals surface area contributed by atoms with Gasteiger partial charge in [0.1, 0.15) is 17.4 Å². The Balaban J connectivity index is 2.14. The third-order valence-electron chi connectivity index (χ3n) is 2.84. The van der Waals surface area contributed by atoms with Crippen molar-refractivity contribution in [3.63, 3.8) is 0 Å². The van der Waals surface area contributed by atoms with Crippen molar-refractivity contribution in [1.29, 1.82) is 0 Å². The lowest BCUT2D eigenvalue weighted by molar-refractivity contribution is 0.342. The van der Waals surface area contributed by atoms with Crippen molar-refractivity contribution in [2.45, 2.75) is 13.5 Å². The minimum atomic E-state index is -0.473. The molecule has 0 saturated carbocycles. The summed E-state index contributed by atoms with van der Waals surface area (Å²) in [5.41, 5.74) is 7.26. The monoisotopic (exact) mass is 278 g/mol. The molecule has 0 heterocycles. The quantitative estimate of drug-likeness (QED) is 0.822. The molecule has 0 amide bonds. The number of nitrogen functional groups attached to an aromatic ring is 1. The molecule has 0 aliphatic heterocycles. The Morgan fingerprint density at radius 3 is 2.75 bits per heavy atom. The third-order valence-corrected chi connectivity index (χ3v) is 2.84. The molecule has 0 spiro atoms. The number of halogens is 2. The Bertz CT molecular complexity index is 602. The predicted molar refractivity (Wildman–Crippen MR) is 75.7 cm³/mol. The van der Waals surface area contributed by atoms with Gasteiger partial charge in [-0.2, -0.15) is 0 Å². The summed E-state index contributed by atoms with van der Waals surface area (Å²) in [6, 6.07) is 8.65. The fourth-order valence-electron chi connectivity index (χ4n) is 1.85. The molecule has 0 aliphatic rings. The number of hydrogen-bond acceptors (Lipinski definition) is 3. The lowest BCUT2D eigenvalue weighted by Crippen LogP contribution is -2.06. The first-order valence-corrected chi connectivity index (χ1v) is 6.31. The molecule has 0 unspecified atom stereocenters. The van der Waals surface area contributed by atoms with Gasteiger partial charge in [-0.05, 0) is 37.3 Å². The topological polar surface area (TPSA) is 47.3 Å². The van der Waals surface area contributed by atoms with Crippen LogP contribution >= 0.6 is 0 Å². The van der Waals surface area contributed by atoms with Gasteiger partial charge >= 0.3 is 0 Å². The summed E-state index contributed by atoms with van der Waals surface area (Å²) in [6.45, 7) is 2.51. The summed E-state index contributed by atoms with van der Waals surface area (Å²) < 4.78 is 32.0. The van der Waals surface area contributed by atoms with Gasteiger partial charge in [0.2, 0.25) is 0 Å². The van der Waals surface area contributed by atoms with Gasteiger partial charge < -0.3 is 15.8 Å². The van der Waals surface area contributed by atoms with Gasteiger partial charge in [0.15, 0.2) is 0 Å². The van der Waals surface area contributed by atoms with Crippen molar-refractivity contribution in [1.82, 2.24) is 0 Å². The third kappa shape index (κ3) is 3.17. The van der Waals surface area contributed by atoms with Gasteiger partial charge in [-0.15, -0.1) is 0 Å². The Morgan fingerprint density at radius 2 is 2.00 bits per heavy atom. The molecule has 0 aliphatic carbocycles. The minimum Gasteiger partial charge on any atom is -0.492 e. The Kier molecular flexibility index (Phi) is 4.40. The van der Waals surface area contributed by atoms with Crippen LogP contribution in [0.4, 0.5) is 20.2 Å². The predicted octanol–water partition coefficient (Wildman–Crippen LogP) is 3.56. The van der Waals surface area contributed by atoms with Crippen molar-refractivity contribution in [3.05, 3.63) is 53.6 Å². The molecular weight excluding hydrogens is 262 g/mol. The molecule has 20 heavy (non-hydrogen) atoms. The second-order valence-electron chi connectivity index (χ2n) is 4.24. The van der Waals surface area contributed by atoms with E-state index in [1.807, 2.05) is 6.92 Å². The first kappa shape index (κ1) is 14.1. The number of ether oxygens (including phenoxy) is 1. The first-order chi connectivity index (χ1) is 9.61. The van der Waals surface area contributed by atoms with E-state index in [1.165, 1.54) is 0 Å². The number of para-hydroxylation sites is 1. The average Bonchev–Trinajstić information content (AvgIpc) is 2.43. The number of anilines is 2. The molecule has 0 aromatic heterocycles. The first-order valence-electron chi connectivity index (χ1n) is 6.31. The lowest BCUT2D eigenvalue weighted by atomic mass is 10.2. The second-order valence-corrected chi connectivity index (χ2v) is 4.24. The van der Waals surface area contributed by atoms with E-state index in [0.717, 1.165) is 18.2 Å². The summed E-state index contributed by atoms with van der Waals surface area (Å²) in [5, 5.41) is 2.98. The SMILES string of the molecule is CCOc1cccc(NCc2cc(F)ccc2F)c1N. The van der Waals surface area contributed by atoms with E-state index in [0.29, 0.717) is 23.7 Å². The van der Waals surface area contributed by atoms with Crippen molar-refractivity contribution in [2.75, 3.05) is 17.7 Å². The molecule has 3 nitrogen and oxygen atoms in total. The molecule has 0 atom stereocenters. The van der Waals surface area contributed by atoms with Crippen LogP contribution in [0.3, 0.4) is 0 Å². The number of benzene rings is 2. The molecule has 0 bridgehead atoms. The Labute approximate surface area is 116 Å². The highest BCUT2D eigenvalue weighted by atomic mass is 19.1. The standard InChI is InChI=1S/C15H16F2N2O/c1-2-20-14-5-3-4-13(15(14)18)19-9-10-8-11(16)6-7-12(10)17/h3-8,19H,2,9,18H2,1H3. The summed E-state index contributed by atoms with van der Waals surface area (Å²) in [6.07, 6.45) is 0. The zero-order valence-electron chi connectivity index (χ0n) is 11.1. The molecule has 3 N–H and O–H groups in total. The maximum atomic E-state index is 13.5. The normalized spacial score (nSPS) is 10.3. The van der Waals surface area contributed by atoms with E-state index in [-0.39, 0.29) is 12.1 Å². The summed E-state index contributed by atoms with van der Waals surface area (Å²) in [4.78, 5) is 0. The largest absolute Gasteiger partial charge is 0.492 e. The summed E-state index contributed by atoms with van der Waals surface area (Å²) in [5.74, 6) is -0.366. The fourth-order valence-corrected chi connectivity index (χ4v) is 1.85. The average molecular weight is 278 g/mol. The molecule has 5 heteroatoms. The van der Waals surface area contributed by atoms with Crippen LogP contribution in [0.25, 0.3) is 0 Å². The maximum absolute atomic E-state index is 13.5. The molecular formula is C15H16F2N2O. The van der Waals surface area contributed by atoms with Crippen molar-refractivity contribution in [3.8, 4) is 5.75 Å². The second kappa shape index (κ2) is 6.23. The Hall–Kier alpha value is -2.30. The summed E-state index contributed by atoms with van der Waals surface area (Å²) in [7, 11) is 0. The van der Waals surface area contributed by atoms with Crippen molar-refractivity contribution >= 4 is 11.4 Å². The van der Waals surface area contributed by atoms with Crippen molar-refractivity contribution < 1.29 is 13.5 Å². The lowest BCUT2D eigenvalue weighted by Gasteiger charge is -2.13. The fraction of sp³-hybridized carbons (Fsp3) is 0.200. The zero-order valence-corrected chi connectivity index (χ0v) is 11.1. The molecule has 106 valence electrons. The van der Waals surface area contributed by atoms with Crippen LogP contribution in [0.5, 0.6) is 5.75 Å². The van der Waals surface area contributed by atoms with Crippen LogP contribution < -0.4 is 15.8 Å². The maximum Gasteiger partial charge on any atom is 0.144 e. The van der Waals surface area contributed by atoms with Crippen LogP contribution in [-0.4, -0.2) is 6.61 Å². The van der Waals surface area contributed by atoms with Gasteiger partial charge in [-0.25, -0.2) is 8.78 Å². The van der Waals surface area contributed by atoms with E-state index in [1.54, 1.807) is 18.2 Å². The van der Waals surface area contributed by atoms with E-state index < -0.39 is 11.6 Å². The number of nitrogens with one attached hydrogen (secondary N) is 1. The van der Waals surface area contributed by atoms with Crippen LogP contribution in [0.2, 0.25) is 0 Å². The van der Waals surface area contributed by atoms with Crippen LogP contribution in [0.1, 0.15) is 12.5 Å². The van der Waals surface area contributed by atoms with Gasteiger partial charge in [0.25, 0.3) is 0 Å². The van der Waals surface area contributed by atoms with E-state index in [9.17, 15) is 8.78 Å². The van der Waals surface area contributed by atoms with Gasteiger partial charge in [0, 0.05) is 12.1 Å². The molecule has 2 aromatic carbocycles. The smallest absolute Gasteiger partial charge is 0.144 e. The highest BCUT2D eigenvalue weighted by Crippen LogP contribution is 2.29. The molecule has 0 radical (unpaired) electrons. The zero-order chi connectivity index (χ0) is 14.5. The minimum absolute atomic E-state index is 0.142. The molecule has 2 aromatic rings. The highest BCUT2D eigenvalue weighted by molar-refractivity contribution is 5.72. The van der Waals surface area contributed by atoms with Gasteiger partial charge in [0.05, 0.1) is 18.0 Å². The van der Waals surface area contributed by atoms with Gasteiger partial charge in [-0.1, -0.05) is 6.07 Å². The van der Waals surface area contributed by atoms with Crippen LogP contribution in [0.15, 0.2) is 36.4 Å². The molecule has 2 rings (SSSR count). The van der Waals surface area contributed by atoms with E-state index >= 15 is 0 Å². The summed E-state index contributed by atoms with van der Waals surface area (Å²) >= 11 is 0. The van der Waals surface area contributed by atoms with E-state index in [4.69, 9.17) is 10.5 Å². The molecule has 0 saturated heterocycles. The van der Waals surface area contributed by atoms with Gasteiger partial charge in [-0.3, -0.25) is 0 Å². The van der Waals surface area contributed by atoms with Crippen LogP contribution in [-0.2, 0) is 6.54 Å². The molecule has 0 fully saturated rings. The number of hydrogen-bond donors (Lipinski definition) is 2.